The molecular weight excluding hydrogens is 280 g/mol. The molecule has 2 aromatic rings. The molecule has 0 aliphatic carbocycles. The van der Waals surface area contributed by atoms with E-state index >= 15 is 0 Å². The predicted molar refractivity (Wildman–Crippen MR) is 72.3 cm³/mol. The van der Waals surface area contributed by atoms with Gasteiger partial charge in [0.15, 0.2) is 0 Å². The van der Waals surface area contributed by atoms with Crippen LogP contribution in [0, 0.1) is 6.92 Å². The largest absolute Gasteiger partial charge is 0.477 e. The second-order valence-corrected chi connectivity index (χ2v) is 5.46. The number of carbonyl (C=O) groups is 1. The lowest BCUT2D eigenvalue weighted by molar-refractivity contribution is -0.148. The van der Waals surface area contributed by atoms with Gasteiger partial charge in [0.25, 0.3) is 0 Å². The molecule has 0 saturated carbocycles. The molecular formula is C14H12O5S. The average Bonchev–Trinajstić information content (AvgIpc) is 3.03. The smallest absolute Gasteiger partial charge is 0.348 e. The van der Waals surface area contributed by atoms with Gasteiger partial charge in [0.05, 0.1) is 18.6 Å². The number of thiophene rings is 1. The van der Waals surface area contributed by atoms with Gasteiger partial charge in [-0.1, -0.05) is 6.07 Å². The van der Waals surface area contributed by atoms with Gasteiger partial charge >= 0.3 is 11.6 Å². The van der Waals surface area contributed by atoms with Crippen molar-refractivity contribution in [3.8, 4) is 5.75 Å². The molecule has 6 heteroatoms. The van der Waals surface area contributed by atoms with Gasteiger partial charge in [-0.3, -0.25) is 0 Å². The van der Waals surface area contributed by atoms with Crippen molar-refractivity contribution in [1.82, 2.24) is 0 Å². The Kier molecular flexibility index (Phi) is 3.10. The molecule has 0 amide bonds. The third-order valence-electron chi connectivity index (χ3n) is 3.22. The van der Waals surface area contributed by atoms with Crippen LogP contribution in [-0.4, -0.2) is 19.2 Å². The molecule has 1 aliphatic rings. The van der Waals surface area contributed by atoms with E-state index in [0.29, 0.717) is 17.1 Å². The highest BCUT2D eigenvalue weighted by atomic mass is 32.1. The molecule has 1 aliphatic heterocycles. The summed E-state index contributed by atoms with van der Waals surface area (Å²) < 4.78 is 15.5. The molecule has 0 N–H and O–H groups in total. The van der Waals surface area contributed by atoms with Crippen molar-refractivity contribution in [2.45, 2.75) is 18.9 Å². The highest BCUT2D eigenvalue weighted by Gasteiger charge is 2.44. The lowest BCUT2D eigenvalue weighted by atomic mass is 9.95. The molecule has 104 valence electrons. The van der Waals surface area contributed by atoms with Crippen molar-refractivity contribution in [3.05, 3.63) is 50.2 Å². The second kappa shape index (κ2) is 4.79. The van der Waals surface area contributed by atoms with Crippen molar-refractivity contribution < 1.29 is 18.7 Å². The van der Waals surface area contributed by atoms with Gasteiger partial charge in [-0.25, -0.2) is 9.59 Å². The topological polar surface area (TPSA) is 65.7 Å². The third-order valence-corrected chi connectivity index (χ3v) is 4.18. The van der Waals surface area contributed by atoms with E-state index in [0.717, 1.165) is 4.88 Å². The fourth-order valence-electron chi connectivity index (χ4n) is 2.39. The molecule has 3 heterocycles. The molecule has 5 nitrogen and oxygen atoms in total. The van der Waals surface area contributed by atoms with Crippen LogP contribution in [0.2, 0.25) is 0 Å². The monoisotopic (exact) mass is 292 g/mol. The summed E-state index contributed by atoms with van der Waals surface area (Å²) in [6, 6.07) is 5.35. The summed E-state index contributed by atoms with van der Waals surface area (Å²) >= 11 is 1.46. The highest BCUT2D eigenvalue weighted by molar-refractivity contribution is 7.10. The minimum Gasteiger partial charge on any atom is -0.477 e. The molecule has 0 fully saturated rings. The number of aryl methyl sites for hydroxylation is 1. The van der Waals surface area contributed by atoms with Crippen molar-refractivity contribution >= 4 is 17.3 Å². The number of methoxy groups -OCH3 is 1. The van der Waals surface area contributed by atoms with E-state index < -0.39 is 23.6 Å². The minimum absolute atomic E-state index is 0.383. The maximum absolute atomic E-state index is 12.1. The Bertz CT molecular complexity index is 701. The zero-order valence-corrected chi connectivity index (χ0v) is 11.7. The first-order valence-electron chi connectivity index (χ1n) is 6.04. The zero-order chi connectivity index (χ0) is 14.3. The summed E-state index contributed by atoms with van der Waals surface area (Å²) in [6.07, 6.45) is -0.849. The van der Waals surface area contributed by atoms with Crippen molar-refractivity contribution in [2.75, 3.05) is 7.11 Å². The zero-order valence-electron chi connectivity index (χ0n) is 10.9. The third kappa shape index (κ3) is 1.92. The molecule has 2 aromatic heterocycles. The molecule has 0 bridgehead atoms. The maximum atomic E-state index is 12.1. The lowest BCUT2D eigenvalue weighted by Crippen LogP contribution is -2.31. The Morgan fingerprint density at radius 2 is 2.25 bits per heavy atom. The summed E-state index contributed by atoms with van der Waals surface area (Å²) in [6.45, 7) is 1.66. The van der Waals surface area contributed by atoms with Crippen LogP contribution in [0.1, 0.15) is 22.1 Å². The van der Waals surface area contributed by atoms with Crippen LogP contribution >= 0.6 is 11.3 Å². The number of esters is 1. The van der Waals surface area contributed by atoms with Crippen LogP contribution in [-0.2, 0) is 9.53 Å². The van der Waals surface area contributed by atoms with Crippen molar-refractivity contribution in [2.24, 2.45) is 0 Å². The van der Waals surface area contributed by atoms with Crippen LogP contribution < -0.4 is 10.4 Å². The Hall–Kier alpha value is -2.08. The number of fused-ring (bicyclic) bond motifs is 1. The van der Waals surface area contributed by atoms with Crippen LogP contribution in [0.3, 0.4) is 0 Å². The number of ether oxygens (including phenoxy) is 2. The fourth-order valence-corrected chi connectivity index (χ4v) is 3.25. The van der Waals surface area contributed by atoms with Crippen molar-refractivity contribution in [3.63, 3.8) is 0 Å². The van der Waals surface area contributed by atoms with Crippen LogP contribution in [0.5, 0.6) is 5.75 Å². The molecule has 0 aromatic carbocycles. The summed E-state index contributed by atoms with van der Waals surface area (Å²) in [4.78, 5) is 24.9. The van der Waals surface area contributed by atoms with Gasteiger partial charge in [0, 0.05) is 10.9 Å². The summed E-state index contributed by atoms with van der Waals surface area (Å²) in [5.41, 5.74) is -0.0850. The maximum Gasteiger partial charge on any atom is 0.348 e. The summed E-state index contributed by atoms with van der Waals surface area (Å²) in [7, 11) is 1.30. The fraction of sp³-hybridized carbons (Fsp3) is 0.286. The number of rotatable bonds is 2. The van der Waals surface area contributed by atoms with E-state index in [1.54, 1.807) is 13.0 Å². The summed E-state index contributed by atoms with van der Waals surface area (Å²) in [5, 5.41) is 1.89. The van der Waals surface area contributed by atoms with Gasteiger partial charge < -0.3 is 13.9 Å². The molecule has 0 saturated heterocycles. The standard InChI is InChI=1S/C14H12O5S/c1-7-6-8-10(13(15)18-7)11(9-4-3-5-20-9)12(19-8)14(16)17-2/h3-6,11-12H,1-2H3. The molecule has 0 radical (unpaired) electrons. The van der Waals surface area contributed by atoms with E-state index in [9.17, 15) is 9.59 Å². The molecule has 2 unspecified atom stereocenters. The van der Waals surface area contributed by atoms with Gasteiger partial charge in [-0.2, -0.15) is 0 Å². The first-order chi connectivity index (χ1) is 9.61. The first-order valence-corrected chi connectivity index (χ1v) is 6.92. The average molecular weight is 292 g/mol. The van der Waals surface area contributed by atoms with E-state index in [4.69, 9.17) is 13.9 Å². The van der Waals surface area contributed by atoms with Crippen molar-refractivity contribution in [1.29, 1.82) is 0 Å². The normalized spacial score (nSPS) is 20.3. The lowest BCUT2D eigenvalue weighted by Gasteiger charge is -2.14. The molecule has 0 spiro atoms. The number of carbonyl (C=O) groups excluding carboxylic acids is 1. The highest BCUT2D eigenvalue weighted by Crippen LogP contribution is 2.42. The number of hydrogen-bond acceptors (Lipinski definition) is 6. The summed E-state index contributed by atoms with van der Waals surface area (Å²) in [5.74, 6) is -0.136. The van der Waals surface area contributed by atoms with Gasteiger partial charge in [0.1, 0.15) is 11.5 Å². The van der Waals surface area contributed by atoms with E-state index in [1.165, 1.54) is 18.4 Å². The van der Waals surface area contributed by atoms with Gasteiger partial charge in [-0.05, 0) is 18.4 Å². The first kappa shape index (κ1) is 12.9. The Balaban J connectivity index is 2.17. The molecule has 20 heavy (non-hydrogen) atoms. The number of hydrogen-bond donors (Lipinski definition) is 0. The molecule has 3 rings (SSSR count). The molecule has 2 atom stereocenters. The van der Waals surface area contributed by atoms with Gasteiger partial charge in [-0.15, -0.1) is 11.3 Å². The Labute approximate surface area is 118 Å². The minimum atomic E-state index is -0.849. The quantitative estimate of drug-likeness (QED) is 0.793. The van der Waals surface area contributed by atoms with E-state index in [-0.39, 0.29) is 0 Å². The van der Waals surface area contributed by atoms with Crippen LogP contribution in [0.4, 0.5) is 0 Å². The van der Waals surface area contributed by atoms with E-state index in [2.05, 4.69) is 0 Å². The Morgan fingerprint density at radius 3 is 2.90 bits per heavy atom. The Morgan fingerprint density at radius 1 is 1.45 bits per heavy atom. The van der Waals surface area contributed by atoms with Gasteiger partial charge in [0.2, 0.25) is 6.10 Å². The second-order valence-electron chi connectivity index (χ2n) is 4.48. The van der Waals surface area contributed by atoms with E-state index in [1.807, 2.05) is 17.5 Å². The van der Waals surface area contributed by atoms with Crippen LogP contribution in [0.25, 0.3) is 0 Å². The SMILES string of the molecule is COC(=O)C1Oc2cc(C)oc(=O)c2C1c1cccs1. The van der Waals surface area contributed by atoms with Crippen LogP contribution in [0.15, 0.2) is 32.8 Å². The predicted octanol–water partition coefficient (Wildman–Crippen LogP) is 2.08.